The molecule has 0 spiro atoms. The van der Waals surface area contributed by atoms with E-state index in [1.165, 1.54) is 18.2 Å². The molecule has 0 aliphatic rings. The third kappa shape index (κ3) is 2.97. The largest absolute Gasteiger partial charge is 0.396 e. The lowest BCUT2D eigenvalue weighted by Crippen LogP contribution is -2.22. The molecule has 0 aliphatic heterocycles. The molecular weight excluding hydrogens is 224 g/mol. The van der Waals surface area contributed by atoms with E-state index in [2.05, 4.69) is 0 Å². The van der Waals surface area contributed by atoms with E-state index in [1.807, 2.05) is 0 Å². The van der Waals surface area contributed by atoms with Crippen LogP contribution in [0.5, 0.6) is 0 Å². The summed E-state index contributed by atoms with van der Waals surface area (Å²) in [5, 5.41) is 28.1. The Morgan fingerprint density at radius 1 is 1.12 bits per heavy atom. The van der Waals surface area contributed by atoms with Crippen LogP contribution in [0.15, 0.2) is 18.2 Å². The van der Waals surface area contributed by atoms with Gasteiger partial charge in [0, 0.05) is 23.3 Å². The summed E-state index contributed by atoms with van der Waals surface area (Å²) in [4.78, 5) is 21.6. The smallest absolute Gasteiger partial charge is 0.150 e. The van der Waals surface area contributed by atoms with Crippen molar-refractivity contribution in [3.8, 4) is 0 Å². The number of aldehydes is 2. The average Bonchev–Trinajstić information content (AvgIpc) is 2.37. The quantitative estimate of drug-likeness (QED) is 0.610. The Bertz CT molecular complexity index is 376. The molecule has 17 heavy (non-hydrogen) atoms. The number of hydrogen-bond donors (Lipinski definition) is 3. The van der Waals surface area contributed by atoms with Crippen molar-refractivity contribution in [1.82, 2.24) is 0 Å². The molecule has 0 heterocycles. The fourth-order valence-electron chi connectivity index (χ4n) is 1.63. The fourth-order valence-corrected chi connectivity index (χ4v) is 1.63. The van der Waals surface area contributed by atoms with Crippen LogP contribution in [-0.4, -0.2) is 40.6 Å². The number of hydrogen-bond acceptors (Lipinski definition) is 5. The third-order valence-corrected chi connectivity index (χ3v) is 2.51. The summed E-state index contributed by atoms with van der Waals surface area (Å²) in [6, 6.07) is 4.41. The van der Waals surface area contributed by atoms with Gasteiger partial charge in [-0.15, -0.1) is 0 Å². The van der Waals surface area contributed by atoms with Crippen molar-refractivity contribution in [3.63, 3.8) is 0 Å². The topological polar surface area (TPSA) is 94.8 Å². The molecule has 0 saturated heterocycles. The Labute approximate surface area is 98.3 Å². The van der Waals surface area contributed by atoms with Gasteiger partial charge >= 0.3 is 0 Å². The van der Waals surface area contributed by atoms with Crippen LogP contribution in [0.1, 0.15) is 38.8 Å². The average molecular weight is 238 g/mol. The van der Waals surface area contributed by atoms with E-state index < -0.39 is 12.2 Å². The molecule has 1 aromatic carbocycles. The Hall–Kier alpha value is -1.56. The Morgan fingerprint density at radius 2 is 1.65 bits per heavy atom. The SMILES string of the molecule is O=Cc1cccc(C=O)c1C(O)C(O)CCO. The number of carbonyl (C=O) groups is 2. The zero-order chi connectivity index (χ0) is 12.8. The van der Waals surface area contributed by atoms with Crippen molar-refractivity contribution in [2.45, 2.75) is 18.6 Å². The molecular formula is C12H14O5. The van der Waals surface area contributed by atoms with Crippen molar-refractivity contribution in [2.24, 2.45) is 0 Å². The summed E-state index contributed by atoms with van der Waals surface area (Å²) >= 11 is 0. The molecule has 0 radical (unpaired) electrons. The molecule has 2 unspecified atom stereocenters. The van der Waals surface area contributed by atoms with E-state index in [4.69, 9.17) is 5.11 Å². The standard InChI is InChI=1S/C12H14O5/c13-5-4-10(16)12(17)11-8(6-14)2-1-3-9(11)7-15/h1-3,6-7,10,12-13,16-17H,4-5H2. The predicted molar refractivity (Wildman–Crippen MR) is 59.9 cm³/mol. The molecule has 0 aliphatic carbocycles. The van der Waals surface area contributed by atoms with Gasteiger partial charge in [0.2, 0.25) is 0 Å². The van der Waals surface area contributed by atoms with Gasteiger partial charge in [-0.05, 0) is 6.42 Å². The molecule has 5 heteroatoms. The maximum atomic E-state index is 10.8. The molecule has 1 rings (SSSR count). The first-order chi connectivity index (χ1) is 8.15. The lowest BCUT2D eigenvalue weighted by Gasteiger charge is -2.20. The summed E-state index contributed by atoms with van der Waals surface area (Å²) in [5.74, 6) is 0. The van der Waals surface area contributed by atoms with Crippen molar-refractivity contribution >= 4 is 12.6 Å². The molecule has 0 aromatic heterocycles. The van der Waals surface area contributed by atoms with Crippen molar-refractivity contribution in [1.29, 1.82) is 0 Å². The van der Waals surface area contributed by atoms with Crippen LogP contribution in [0.2, 0.25) is 0 Å². The third-order valence-electron chi connectivity index (χ3n) is 2.51. The molecule has 0 amide bonds. The van der Waals surface area contributed by atoms with Crippen LogP contribution in [0.4, 0.5) is 0 Å². The van der Waals surface area contributed by atoms with Crippen LogP contribution < -0.4 is 0 Å². The minimum atomic E-state index is -1.37. The fraction of sp³-hybridized carbons (Fsp3) is 0.333. The molecule has 0 fully saturated rings. The van der Waals surface area contributed by atoms with Crippen LogP contribution in [-0.2, 0) is 0 Å². The normalized spacial score (nSPS) is 14.1. The van der Waals surface area contributed by atoms with E-state index in [9.17, 15) is 19.8 Å². The van der Waals surface area contributed by atoms with E-state index in [0.717, 1.165) is 0 Å². The van der Waals surface area contributed by atoms with Crippen molar-refractivity contribution in [2.75, 3.05) is 6.61 Å². The molecule has 5 nitrogen and oxygen atoms in total. The second kappa shape index (κ2) is 6.24. The minimum Gasteiger partial charge on any atom is -0.396 e. The molecule has 0 bridgehead atoms. The zero-order valence-corrected chi connectivity index (χ0v) is 9.11. The predicted octanol–water partition coefficient (Wildman–Crippen LogP) is 0.0883. The summed E-state index contributed by atoms with van der Waals surface area (Å²) in [6.45, 7) is -0.294. The highest BCUT2D eigenvalue weighted by Crippen LogP contribution is 2.24. The summed E-state index contributed by atoms with van der Waals surface area (Å²) < 4.78 is 0. The molecule has 0 saturated carbocycles. The zero-order valence-electron chi connectivity index (χ0n) is 9.11. The summed E-state index contributed by atoms with van der Waals surface area (Å²) in [6.07, 6.45) is -1.61. The Morgan fingerprint density at radius 3 is 2.06 bits per heavy atom. The Kier molecular flexibility index (Phi) is 4.96. The van der Waals surface area contributed by atoms with Gasteiger partial charge in [0.25, 0.3) is 0 Å². The van der Waals surface area contributed by atoms with Gasteiger partial charge in [-0.3, -0.25) is 9.59 Å². The summed E-state index contributed by atoms with van der Waals surface area (Å²) in [5.41, 5.74) is 0.400. The number of aliphatic hydroxyl groups excluding tert-OH is 3. The van der Waals surface area contributed by atoms with Gasteiger partial charge in [-0.1, -0.05) is 18.2 Å². The highest BCUT2D eigenvalue weighted by molar-refractivity contribution is 5.86. The van der Waals surface area contributed by atoms with Crippen molar-refractivity contribution in [3.05, 3.63) is 34.9 Å². The monoisotopic (exact) mass is 238 g/mol. The highest BCUT2D eigenvalue weighted by atomic mass is 16.3. The first-order valence-corrected chi connectivity index (χ1v) is 5.16. The van der Waals surface area contributed by atoms with E-state index in [1.54, 1.807) is 0 Å². The molecule has 92 valence electrons. The number of rotatable bonds is 6. The van der Waals surface area contributed by atoms with Crippen LogP contribution >= 0.6 is 0 Å². The second-order valence-corrected chi connectivity index (χ2v) is 3.61. The van der Waals surface area contributed by atoms with Crippen LogP contribution in [0.3, 0.4) is 0 Å². The van der Waals surface area contributed by atoms with Gasteiger partial charge in [0.15, 0.2) is 0 Å². The van der Waals surface area contributed by atoms with Gasteiger partial charge in [0.1, 0.15) is 18.7 Å². The maximum Gasteiger partial charge on any atom is 0.150 e. The first-order valence-electron chi connectivity index (χ1n) is 5.16. The van der Waals surface area contributed by atoms with E-state index in [0.29, 0.717) is 12.6 Å². The molecule has 2 atom stereocenters. The van der Waals surface area contributed by atoms with E-state index in [-0.39, 0.29) is 29.7 Å². The van der Waals surface area contributed by atoms with Gasteiger partial charge in [-0.25, -0.2) is 0 Å². The molecule has 1 aromatic rings. The minimum absolute atomic E-state index is 0.0351. The lowest BCUT2D eigenvalue weighted by atomic mass is 9.93. The van der Waals surface area contributed by atoms with Gasteiger partial charge in [-0.2, -0.15) is 0 Å². The van der Waals surface area contributed by atoms with Crippen molar-refractivity contribution < 1.29 is 24.9 Å². The first kappa shape index (κ1) is 13.5. The second-order valence-electron chi connectivity index (χ2n) is 3.61. The number of aliphatic hydroxyl groups is 3. The lowest BCUT2D eigenvalue weighted by molar-refractivity contribution is 0.00369. The highest BCUT2D eigenvalue weighted by Gasteiger charge is 2.23. The van der Waals surface area contributed by atoms with Crippen LogP contribution in [0.25, 0.3) is 0 Å². The summed E-state index contributed by atoms with van der Waals surface area (Å²) in [7, 11) is 0. The van der Waals surface area contributed by atoms with Gasteiger partial charge < -0.3 is 15.3 Å². The molecule has 3 N–H and O–H groups in total. The van der Waals surface area contributed by atoms with Crippen LogP contribution in [0, 0.1) is 0 Å². The maximum absolute atomic E-state index is 10.8. The number of carbonyl (C=O) groups excluding carboxylic acids is 2. The Balaban J connectivity index is 3.17. The van der Waals surface area contributed by atoms with Gasteiger partial charge in [0.05, 0.1) is 6.10 Å². The van der Waals surface area contributed by atoms with E-state index >= 15 is 0 Å². The number of benzene rings is 1.